The van der Waals surface area contributed by atoms with Crippen LogP contribution in [-0.4, -0.2) is 5.91 Å². The minimum atomic E-state index is -0.285. The molecule has 0 saturated carbocycles. The zero-order valence-corrected chi connectivity index (χ0v) is 18.4. The second-order valence-electron chi connectivity index (χ2n) is 7.96. The van der Waals surface area contributed by atoms with Crippen LogP contribution in [0.3, 0.4) is 0 Å². The smallest absolute Gasteiger partial charge is 0.231 e. The lowest BCUT2D eigenvalue weighted by Crippen LogP contribution is -2.19. The number of ether oxygens (including phenoxy) is 1. The maximum atomic E-state index is 13.0. The monoisotopic (exact) mass is 421 g/mol. The number of hydrogen-bond acceptors (Lipinski definition) is 2. The van der Waals surface area contributed by atoms with E-state index in [0.29, 0.717) is 0 Å². The van der Waals surface area contributed by atoms with Crippen LogP contribution in [0.1, 0.15) is 35.1 Å². The third kappa shape index (κ3) is 5.25. The lowest BCUT2D eigenvalue weighted by atomic mass is 9.98. The molecule has 3 nitrogen and oxygen atoms in total. The number of carbonyl (C=O) groups is 1. The first-order valence-corrected chi connectivity index (χ1v) is 10.9. The van der Waals surface area contributed by atoms with E-state index in [-0.39, 0.29) is 11.8 Å². The second-order valence-corrected chi connectivity index (χ2v) is 7.96. The lowest BCUT2D eigenvalue weighted by molar-refractivity contribution is -0.117. The summed E-state index contributed by atoms with van der Waals surface area (Å²) in [5.41, 5.74) is 5.42. The molecule has 4 aromatic rings. The molecule has 1 N–H and O–H groups in total. The number of hydrogen-bond donors (Lipinski definition) is 1. The van der Waals surface area contributed by atoms with Crippen molar-refractivity contribution in [3.05, 3.63) is 125 Å². The number of para-hydroxylation sites is 2. The molecule has 0 aromatic heterocycles. The highest BCUT2D eigenvalue weighted by Gasteiger charge is 2.17. The van der Waals surface area contributed by atoms with Crippen LogP contribution in [-0.2, 0) is 11.2 Å². The Kier molecular flexibility index (Phi) is 6.66. The van der Waals surface area contributed by atoms with Gasteiger partial charge in [-0.15, -0.1) is 0 Å². The van der Waals surface area contributed by atoms with Gasteiger partial charge in [-0.1, -0.05) is 72.8 Å². The van der Waals surface area contributed by atoms with Crippen molar-refractivity contribution < 1.29 is 9.53 Å². The number of nitrogens with one attached hydrogen (secondary N) is 1. The van der Waals surface area contributed by atoms with Gasteiger partial charge in [-0.25, -0.2) is 0 Å². The van der Waals surface area contributed by atoms with Gasteiger partial charge in [-0.3, -0.25) is 4.79 Å². The third-order valence-electron chi connectivity index (χ3n) is 5.67. The van der Waals surface area contributed by atoms with Crippen LogP contribution in [0.5, 0.6) is 11.5 Å². The topological polar surface area (TPSA) is 38.3 Å². The van der Waals surface area contributed by atoms with E-state index in [0.717, 1.165) is 34.7 Å². The molecule has 0 aliphatic rings. The van der Waals surface area contributed by atoms with Gasteiger partial charge in [0.05, 0.1) is 5.92 Å². The third-order valence-corrected chi connectivity index (χ3v) is 5.67. The number of benzene rings is 4. The highest BCUT2D eigenvalue weighted by atomic mass is 16.5. The zero-order valence-electron chi connectivity index (χ0n) is 18.4. The van der Waals surface area contributed by atoms with Crippen molar-refractivity contribution in [2.24, 2.45) is 0 Å². The maximum Gasteiger partial charge on any atom is 0.231 e. The van der Waals surface area contributed by atoms with E-state index in [1.807, 2.05) is 85.8 Å². The summed E-state index contributed by atoms with van der Waals surface area (Å²) in [4.78, 5) is 13.0. The van der Waals surface area contributed by atoms with E-state index in [1.54, 1.807) is 0 Å². The molecular weight excluding hydrogens is 394 g/mol. The molecule has 0 radical (unpaired) electrons. The van der Waals surface area contributed by atoms with E-state index in [4.69, 9.17) is 4.74 Å². The Bertz CT molecular complexity index is 1180. The summed E-state index contributed by atoms with van der Waals surface area (Å²) in [6.45, 7) is 4.04. The standard InChI is InChI=1S/C29H27NO2/c1-21-10-6-7-11-24(21)20-25-12-8-9-15-28(25)30-29(31)22(2)23-16-18-27(19-17-23)32-26-13-4-3-5-14-26/h3-19,22H,20H2,1-2H3,(H,30,31). The fourth-order valence-electron chi connectivity index (χ4n) is 3.65. The lowest BCUT2D eigenvalue weighted by Gasteiger charge is -2.16. The Balaban J connectivity index is 1.44. The van der Waals surface area contributed by atoms with E-state index < -0.39 is 0 Å². The molecule has 160 valence electrons. The Morgan fingerprint density at radius 3 is 2.06 bits per heavy atom. The highest BCUT2D eigenvalue weighted by molar-refractivity contribution is 5.96. The largest absolute Gasteiger partial charge is 0.457 e. The first kappa shape index (κ1) is 21.4. The highest BCUT2D eigenvalue weighted by Crippen LogP contribution is 2.26. The van der Waals surface area contributed by atoms with Crippen molar-refractivity contribution in [2.45, 2.75) is 26.2 Å². The summed E-state index contributed by atoms with van der Waals surface area (Å²) in [5, 5.41) is 3.13. The fraction of sp³-hybridized carbons (Fsp3) is 0.138. The van der Waals surface area contributed by atoms with Crippen LogP contribution in [0.2, 0.25) is 0 Å². The van der Waals surface area contributed by atoms with E-state index in [1.165, 1.54) is 11.1 Å². The molecule has 1 amide bonds. The minimum Gasteiger partial charge on any atom is -0.457 e. The molecule has 0 aliphatic heterocycles. The molecule has 0 fully saturated rings. The molecular formula is C29H27NO2. The number of amides is 1. The number of aryl methyl sites for hydroxylation is 1. The Morgan fingerprint density at radius 1 is 0.750 bits per heavy atom. The van der Waals surface area contributed by atoms with Gasteiger partial charge < -0.3 is 10.1 Å². The van der Waals surface area contributed by atoms with Crippen molar-refractivity contribution >= 4 is 11.6 Å². The molecule has 0 heterocycles. The molecule has 0 spiro atoms. The van der Waals surface area contributed by atoms with Gasteiger partial charge in [-0.05, 0) is 72.9 Å². The number of carbonyl (C=O) groups excluding carboxylic acids is 1. The molecule has 0 saturated heterocycles. The average Bonchev–Trinajstić information content (AvgIpc) is 2.82. The Morgan fingerprint density at radius 2 is 1.34 bits per heavy atom. The van der Waals surface area contributed by atoms with E-state index in [9.17, 15) is 4.79 Å². The number of anilines is 1. The first-order valence-electron chi connectivity index (χ1n) is 10.9. The van der Waals surface area contributed by atoms with Gasteiger partial charge in [0.1, 0.15) is 11.5 Å². The van der Waals surface area contributed by atoms with Gasteiger partial charge in [0.25, 0.3) is 0 Å². The predicted octanol–water partition coefficient (Wildman–Crippen LogP) is 7.12. The second kappa shape index (κ2) is 9.97. The SMILES string of the molecule is Cc1ccccc1Cc1ccccc1NC(=O)C(C)c1ccc(Oc2ccccc2)cc1. The molecule has 0 aliphatic carbocycles. The molecule has 1 atom stereocenters. The van der Waals surface area contributed by atoms with Crippen LogP contribution >= 0.6 is 0 Å². The van der Waals surface area contributed by atoms with E-state index >= 15 is 0 Å². The van der Waals surface area contributed by atoms with Crippen molar-refractivity contribution in [3.8, 4) is 11.5 Å². The minimum absolute atomic E-state index is 0.0287. The summed E-state index contributed by atoms with van der Waals surface area (Å²) >= 11 is 0. The van der Waals surface area contributed by atoms with Gasteiger partial charge in [0.15, 0.2) is 0 Å². The van der Waals surface area contributed by atoms with Crippen molar-refractivity contribution in [2.75, 3.05) is 5.32 Å². The van der Waals surface area contributed by atoms with Crippen LogP contribution < -0.4 is 10.1 Å². The Labute approximate surface area is 189 Å². The maximum absolute atomic E-state index is 13.0. The van der Waals surface area contributed by atoms with Crippen molar-refractivity contribution in [3.63, 3.8) is 0 Å². The zero-order chi connectivity index (χ0) is 22.3. The van der Waals surface area contributed by atoms with Crippen molar-refractivity contribution in [1.29, 1.82) is 0 Å². The summed E-state index contributed by atoms with van der Waals surface area (Å²) in [6, 6.07) is 33.7. The van der Waals surface area contributed by atoms with Crippen LogP contribution in [0.25, 0.3) is 0 Å². The summed E-state index contributed by atoms with van der Waals surface area (Å²) in [7, 11) is 0. The molecule has 1 unspecified atom stereocenters. The predicted molar refractivity (Wildman–Crippen MR) is 130 cm³/mol. The van der Waals surface area contributed by atoms with Crippen LogP contribution in [0.15, 0.2) is 103 Å². The van der Waals surface area contributed by atoms with Gasteiger partial charge in [0.2, 0.25) is 5.91 Å². The first-order chi connectivity index (χ1) is 15.6. The molecule has 4 rings (SSSR count). The summed E-state index contributed by atoms with van der Waals surface area (Å²) in [5.74, 6) is 1.22. The normalized spacial score (nSPS) is 11.6. The average molecular weight is 422 g/mol. The van der Waals surface area contributed by atoms with Crippen LogP contribution in [0.4, 0.5) is 5.69 Å². The van der Waals surface area contributed by atoms with Gasteiger partial charge in [-0.2, -0.15) is 0 Å². The fourth-order valence-corrected chi connectivity index (χ4v) is 3.65. The molecule has 32 heavy (non-hydrogen) atoms. The summed E-state index contributed by atoms with van der Waals surface area (Å²) in [6.07, 6.45) is 0.781. The van der Waals surface area contributed by atoms with Gasteiger partial charge in [0, 0.05) is 5.69 Å². The quantitative estimate of drug-likeness (QED) is 0.345. The number of rotatable bonds is 7. The van der Waals surface area contributed by atoms with Crippen molar-refractivity contribution in [1.82, 2.24) is 0 Å². The van der Waals surface area contributed by atoms with E-state index in [2.05, 4.69) is 36.5 Å². The summed E-state index contributed by atoms with van der Waals surface area (Å²) < 4.78 is 5.85. The van der Waals surface area contributed by atoms with Crippen LogP contribution in [0, 0.1) is 6.92 Å². The molecule has 3 heteroatoms. The van der Waals surface area contributed by atoms with Gasteiger partial charge >= 0.3 is 0 Å². The Hall–Kier alpha value is -3.85. The molecule has 0 bridgehead atoms. The molecule has 4 aromatic carbocycles.